The van der Waals surface area contributed by atoms with Crippen molar-refractivity contribution >= 4 is 58.0 Å². The maximum atomic E-state index is 13.7. The zero-order valence-electron chi connectivity index (χ0n) is 32.4. The van der Waals surface area contributed by atoms with Gasteiger partial charge in [-0.25, -0.2) is 4.98 Å². The van der Waals surface area contributed by atoms with Gasteiger partial charge in [-0.05, 0) is 96.3 Å². The molecule has 3 aliphatic heterocycles. The average molecular weight is 812 g/mol. The van der Waals surface area contributed by atoms with Crippen molar-refractivity contribution in [2.75, 3.05) is 48.3 Å². The van der Waals surface area contributed by atoms with Gasteiger partial charge < -0.3 is 20.3 Å². The van der Waals surface area contributed by atoms with E-state index in [1.807, 2.05) is 4.90 Å². The molecule has 0 radical (unpaired) electrons. The summed E-state index contributed by atoms with van der Waals surface area (Å²) < 4.78 is 47.4. The van der Waals surface area contributed by atoms with E-state index in [1.54, 1.807) is 38.1 Å². The fourth-order valence-electron chi connectivity index (χ4n) is 8.40. The third kappa shape index (κ3) is 9.38. The number of thiocarbonyl (C=S) groups is 1. The van der Waals surface area contributed by atoms with Crippen LogP contribution in [0.1, 0.15) is 77.5 Å². The Morgan fingerprint density at radius 2 is 1.75 bits per heavy atom. The average Bonchev–Trinajstić information content (AvgIpc) is 3.32. The molecule has 57 heavy (non-hydrogen) atoms. The number of aromatic nitrogens is 1. The van der Waals surface area contributed by atoms with E-state index in [0.717, 1.165) is 49.6 Å². The lowest BCUT2D eigenvalue weighted by Gasteiger charge is -2.44. The molecule has 0 bridgehead atoms. The van der Waals surface area contributed by atoms with Crippen molar-refractivity contribution in [2.24, 2.45) is 0 Å². The quantitative estimate of drug-likeness (QED) is 0.219. The maximum Gasteiger partial charge on any atom is 0.419 e. The Morgan fingerprint density at radius 1 is 1.07 bits per heavy atom. The monoisotopic (exact) mass is 811 g/mol. The van der Waals surface area contributed by atoms with E-state index >= 15 is 0 Å². The minimum Gasteiger partial charge on any atom is -0.377 e. The topological polar surface area (TPSA) is 163 Å². The number of nitrogens with one attached hydrogen (secondary N) is 3. The Kier molecular flexibility index (Phi) is 12.5. The Hall–Kier alpha value is -4.70. The number of pyridine rings is 1. The lowest BCUT2D eigenvalue weighted by molar-refractivity contribution is -0.138. The van der Waals surface area contributed by atoms with E-state index in [9.17, 15) is 32.3 Å². The second-order valence-corrected chi connectivity index (χ2v) is 16.1. The molecule has 18 heteroatoms. The first kappa shape index (κ1) is 41.9. The molecule has 3 atom stereocenters. The van der Waals surface area contributed by atoms with Crippen LogP contribution in [0.25, 0.3) is 0 Å². The van der Waals surface area contributed by atoms with Gasteiger partial charge in [-0.3, -0.25) is 39.2 Å². The van der Waals surface area contributed by atoms with Gasteiger partial charge in [-0.2, -0.15) is 18.4 Å². The molecule has 4 aliphatic rings. The van der Waals surface area contributed by atoms with Crippen LogP contribution in [0.15, 0.2) is 36.5 Å². The van der Waals surface area contributed by atoms with Crippen LogP contribution in [-0.2, 0) is 30.1 Å². The van der Waals surface area contributed by atoms with Crippen LogP contribution < -0.4 is 20.9 Å². The van der Waals surface area contributed by atoms with Gasteiger partial charge in [0.25, 0.3) is 5.91 Å². The molecular formula is C39H48F3N9O5S. The van der Waals surface area contributed by atoms with Crippen molar-refractivity contribution in [3.63, 3.8) is 0 Å². The Morgan fingerprint density at radius 3 is 2.40 bits per heavy atom. The number of carbonyl (C=O) groups excluding carboxylic acids is 4. The Balaban J connectivity index is 0.943. The van der Waals surface area contributed by atoms with Gasteiger partial charge >= 0.3 is 6.18 Å². The van der Waals surface area contributed by atoms with E-state index in [4.69, 9.17) is 22.2 Å². The summed E-state index contributed by atoms with van der Waals surface area (Å²) in [5.41, 5.74) is -1.94. The normalized spacial score (nSPS) is 26.0. The van der Waals surface area contributed by atoms with E-state index in [0.29, 0.717) is 37.2 Å². The minimum atomic E-state index is -4.83. The summed E-state index contributed by atoms with van der Waals surface area (Å²) in [7, 11) is 0. The predicted molar refractivity (Wildman–Crippen MR) is 209 cm³/mol. The summed E-state index contributed by atoms with van der Waals surface area (Å²) in [6.45, 7) is 10.7. The van der Waals surface area contributed by atoms with Crippen LogP contribution in [0.2, 0.25) is 0 Å². The lowest BCUT2D eigenvalue weighted by atomic mass is 9.89. The molecule has 4 heterocycles. The summed E-state index contributed by atoms with van der Waals surface area (Å²) in [5, 5.41) is 17.7. The lowest BCUT2D eigenvalue weighted by Crippen LogP contribution is -2.58. The second kappa shape index (κ2) is 17.0. The SMILES string of the molecule is C[C@@H]1CN(CCO[C@H]2CC[C@H](N3C(=S)N(c4cnc(C#N)c(C(F)(F)F)c4)C(=O)C3(C)C)CC2)C[C@H](C)N1CC(=O)Nc1cccc(N[C@H]2CCC(=O)NC2=O)c1. The standard InChI is InChI=1S/C39H48F3N9O5S/c1-23-20-48(21-24(2)49(23)22-34(53)46-26-7-5-6-25(16-26)45-31-12-13-33(52)47-35(31)54)14-15-56-29-10-8-27(9-11-29)51-37(57)50(36(55)38(51,3)4)28-17-30(39(40,41)42)32(18-43)44-19-28/h5-7,16-17,19,23-24,27,29,31,45H,8-15,20-22H2,1-4H3,(H,46,53)(H,47,52,54)/t23-,24+,27-,29-,31-/m0/s1. The number of alkyl halides is 3. The fraction of sp³-hybridized carbons (Fsp3) is 0.564. The number of nitrogens with zero attached hydrogens (tertiary/aromatic N) is 6. The first-order valence-corrected chi connectivity index (χ1v) is 19.6. The number of benzene rings is 1. The molecule has 3 saturated heterocycles. The van der Waals surface area contributed by atoms with Gasteiger partial charge in [-0.1, -0.05) is 6.07 Å². The number of halogens is 3. The van der Waals surface area contributed by atoms with Gasteiger partial charge in [0.2, 0.25) is 17.7 Å². The van der Waals surface area contributed by atoms with Crippen LogP contribution in [0, 0.1) is 11.3 Å². The summed E-state index contributed by atoms with van der Waals surface area (Å²) in [5.74, 6) is -1.24. The third-order valence-electron chi connectivity index (χ3n) is 11.3. The summed E-state index contributed by atoms with van der Waals surface area (Å²) in [6.07, 6.45) is -0.230. The van der Waals surface area contributed by atoms with Crippen molar-refractivity contribution in [1.29, 1.82) is 5.26 Å². The molecule has 3 N–H and O–H groups in total. The minimum absolute atomic E-state index is 0.0157. The number of rotatable bonds is 11. The molecule has 1 saturated carbocycles. The van der Waals surface area contributed by atoms with Gasteiger partial charge in [0.05, 0.1) is 36.7 Å². The first-order chi connectivity index (χ1) is 27.0. The molecule has 1 aromatic heterocycles. The predicted octanol–water partition coefficient (Wildman–Crippen LogP) is 4.26. The summed E-state index contributed by atoms with van der Waals surface area (Å²) >= 11 is 5.71. The van der Waals surface area contributed by atoms with Crippen LogP contribution in [0.3, 0.4) is 0 Å². The molecule has 14 nitrogen and oxygen atoms in total. The van der Waals surface area contributed by atoms with Crippen LogP contribution in [0.4, 0.5) is 30.2 Å². The zero-order chi connectivity index (χ0) is 41.2. The largest absolute Gasteiger partial charge is 0.419 e. The summed E-state index contributed by atoms with van der Waals surface area (Å²) in [4.78, 5) is 61.5. The fourth-order valence-corrected chi connectivity index (χ4v) is 8.96. The molecule has 4 fully saturated rings. The van der Waals surface area contributed by atoms with Crippen molar-refractivity contribution in [2.45, 2.75) is 108 Å². The van der Waals surface area contributed by atoms with Crippen LogP contribution in [-0.4, -0.2) is 117 Å². The number of hydrogen-bond acceptors (Lipinski definition) is 11. The van der Waals surface area contributed by atoms with Crippen LogP contribution in [0.5, 0.6) is 0 Å². The molecule has 2 aromatic rings. The zero-order valence-corrected chi connectivity index (χ0v) is 33.2. The number of piperazine rings is 1. The van der Waals surface area contributed by atoms with E-state index in [1.165, 1.54) is 6.07 Å². The molecule has 4 amide bonds. The van der Waals surface area contributed by atoms with Gasteiger partial charge in [0.1, 0.15) is 17.6 Å². The maximum absolute atomic E-state index is 13.7. The third-order valence-corrected chi connectivity index (χ3v) is 11.6. The molecule has 1 aliphatic carbocycles. The van der Waals surface area contributed by atoms with Crippen molar-refractivity contribution in [3.05, 3.63) is 47.8 Å². The van der Waals surface area contributed by atoms with Crippen LogP contribution >= 0.6 is 12.2 Å². The van der Waals surface area contributed by atoms with E-state index in [2.05, 4.69) is 44.6 Å². The number of anilines is 3. The summed E-state index contributed by atoms with van der Waals surface area (Å²) in [6, 6.07) is 8.97. The number of piperidine rings is 1. The molecule has 1 aromatic carbocycles. The number of carbonyl (C=O) groups is 4. The number of nitriles is 1. The van der Waals surface area contributed by atoms with E-state index < -0.39 is 34.9 Å². The molecular weight excluding hydrogens is 764 g/mol. The van der Waals surface area contributed by atoms with Gasteiger partial charge in [-0.15, -0.1) is 0 Å². The first-order valence-electron chi connectivity index (χ1n) is 19.2. The molecule has 0 spiro atoms. The number of imide groups is 1. The number of amides is 4. The smallest absolute Gasteiger partial charge is 0.377 e. The van der Waals surface area contributed by atoms with Gasteiger partial charge in [0.15, 0.2) is 10.8 Å². The highest BCUT2D eigenvalue weighted by Gasteiger charge is 2.53. The molecule has 6 rings (SSSR count). The second-order valence-electron chi connectivity index (χ2n) is 15.8. The van der Waals surface area contributed by atoms with Crippen molar-refractivity contribution in [3.8, 4) is 6.07 Å². The van der Waals surface area contributed by atoms with Crippen molar-refractivity contribution < 1.29 is 37.1 Å². The molecule has 306 valence electrons. The van der Waals surface area contributed by atoms with E-state index in [-0.39, 0.29) is 65.7 Å². The Bertz CT molecular complexity index is 1920. The highest BCUT2D eigenvalue weighted by molar-refractivity contribution is 7.80. The Labute approximate surface area is 335 Å². The molecule has 0 unspecified atom stereocenters. The van der Waals surface area contributed by atoms with Crippen molar-refractivity contribution in [1.82, 2.24) is 25.0 Å². The van der Waals surface area contributed by atoms with Gasteiger partial charge in [0, 0.05) is 55.6 Å². The number of ether oxygens (including phenoxy) is 1. The highest BCUT2D eigenvalue weighted by Crippen LogP contribution is 2.40. The highest BCUT2D eigenvalue weighted by atomic mass is 32.1. The number of hydrogen-bond donors (Lipinski definition) is 3.